The summed E-state index contributed by atoms with van der Waals surface area (Å²) in [5.74, 6) is -3.65. The molecule has 0 aromatic heterocycles. The first-order chi connectivity index (χ1) is 10.8. The Morgan fingerprint density at radius 1 is 1.00 bits per heavy atom. The predicted octanol–water partition coefficient (Wildman–Crippen LogP) is 4.07. The van der Waals surface area contributed by atoms with Crippen molar-refractivity contribution >= 4 is 40.8 Å². The van der Waals surface area contributed by atoms with Crippen molar-refractivity contribution < 1.29 is 23.1 Å². The van der Waals surface area contributed by atoms with E-state index in [2.05, 4.69) is 5.32 Å². The zero-order valence-corrected chi connectivity index (χ0v) is 12.9. The highest BCUT2D eigenvalue weighted by molar-refractivity contribution is 6.35. The van der Waals surface area contributed by atoms with Gasteiger partial charge in [0.15, 0.2) is 18.2 Å². The number of halogens is 4. The molecule has 0 radical (unpaired) electrons. The van der Waals surface area contributed by atoms with Crippen LogP contribution in [0.1, 0.15) is 10.4 Å². The number of anilines is 1. The first-order valence-electron chi connectivity index (χ1n) is 6.23. The Morgan fingerprint density at radius 2 is 1.65 bits per heavy atom. The molecule has 0 saturated heterocycles. The van der Waals surface area contributed by atoms with Crippen LogP contribution >= 0.6 is 23.2 Å². The topological polar surface area (TPSA) is 55.4 Å². The fourth-order valence-corrected chi connectivity index (χ4v) is 2.18. The third-order valence-electron chi connectivity index (χ3n) is 2.64. The second-order valence-electron chi connectivity index (χ2n) is 4.41. The van der Waals surface area contributed by atoms with E-state index in [-0.39, 0.29) is 21.3 Å². The van der Waals surface area contributed by atoms with E-state index in [9.17, 15) is 18.4 Å². The highest BCUT2D eigenvalue weighted by Gasteiger charge is 2.12. The van der Waals surface area contributed by atoms with Gasteiger partial charge in [0.05, 0.1) is 5.56 Å². The lowest BCUT2D eigenvalue weighted by molar-refractivity contribution is -0.119. The highest BCUT2D eigenvalue weighted by Crippen LogP contribution is 2.19. The first kappa shape index (κ1) is 17.2. The van der Waals surface area contributed by atoms with E-state index >= 15 is 0 Å². The number of rotatable bonds is 4. The van der Waals surface area contributed by atoms with E-state index in [0.717, 1.165) is 12.1 Å². The molecule has 0 aliphatic carbocycles. The minimum atomic E-state index is -1.10. The van der Waals surface area contributed by atoms with Crippen molar-refractivity contribution in [2.24, 2.45) is 0 Å². The summed E-state index contributed by atoms with van der Waals surface area (Å²) in [6.07, 6.45) is 0. The number of carbonyl (C=O) groups excluding carboxylic acids is 2. The summed E-state index contributed by atoms with van der Waals surface area (Å²) in [6.45, 7) is -0.609. The van der Waals surface area contributed by atoms with Crippen molar-refractivity contribution in [2.75, 3.05) is 11.9 Å². The summed E-state index contributed by atoms with van der Waals surface area (Å²) in [5.41, 5.74) is 0.124. The van der Waals surface area contributed by atoms with Gasteiger partial charge in [-0.3, -0.25) is 4.79 Å². The standard InChI is InChI=1S/C15H9Cl2F2NO3/c16-9-3-8(4-10(17)5-9)15(22)23-7-14(21)20-11-1-2-12(18)13(19)6-11/h1-6H,7H2,(H,20,21). The number of carbonyl (C=O) groups is 2. The fraction of sp³-hybridized carbons (Fsp3) is 0.0667. The predicted molar refractivity (Wildman–Crippen MR) is 81.7 cm³/mol. The van der Waals surface area contributed by atoms with Gasteiger partial charge in [0, 0.05) is 21.8 Å². The summed E-state index contributed by atoms with van der Waals surface area (Å²) >= 11 is 11.5. The number of amides is 1. The SMILES string of the molecule is O=C(COC(=O)c1cc(Cl)cc(Cl)c1)Nc1ccc(F)c(F)c1. The Balaban J connectivity index is 1.93. The van der Waals surface area contributed by atoms with Crippen molar-refractivity contribution in [1.29, 1.82) is 0 Å². The maximum Gasteiger partial charge on any atom is 0.338 e. The minimum Gasteiger partial charge on any atom is -0.452 e. The van der Waals surface area contributed by atoms with Crippen LogP contribution in [0.5, 0.6) is 0 Å². The van der Waals surface area contributed by atoms with Crippen LogP contribution in [0.2, 0.25) is 10.0 Å². The van der Waals surface area contributed by atoms with Crippen molar-refractivity contribution in [3.05, 3.63) is 63.6 Å². The van der Waals surface area contributed by atoms with Crippen LogP contribution in [0.3, 0.4) is 0 Å². The molecule has 0 aliphatic heterocycles. The quantitative estimate of drug-likeness (QED) is 0.837. The molecule has 4 nitrogen and oxygen atoms in total. The van der Waals surface area contributed by atoms with Gasteiger partial charge in [-0.15, -0.1) is 0 Å². The Kier molecular flexibility index (Phi) is 5.52. The number of hydrogen-bond donors (Lipinski definition) is 1. The van der Waals surface area contributed by atoms with Gasteiger partial charge in [0.25, 0.3) is 5.91 Å². The molecule has 23 heavy (non-hydrogen) atoms. The number of esters is 1. The van der Waals surface area contributed by atoms with Crippen molar-refractivity contribution in [3.8, 4) is 0 Å². The van der Waals surface area contributed by atoms with Crippen LogP contribution in [0.25, 0.3) is 0 Å². The van der Waals surface area contributed by atoms with Crippen molar-refractivity contribution in [2.45, 2.75) is 0 Å². The molecule has 0 fully saturated rings. The molecule has 120 valence electrons. The molecule has 0 atom stereocenters. The second-order valence-corrected chi connectivity index (χ2v) is 5.28. The molecule has 1 N–H and O–H groups in total. The molecule has 0 spiro atoms. The third-order valence-corrected chi connectivity index (χ3v) is 3.07. The average Bonchev–Trinajstić information content (AvgIpc) is 2.47. The van der Waals surface area contributed by atoms with Crippen LogP contribution in [-0.2, 0) is 9.53 Å². The van der Waals surface area contributed by atoms with E-state index in [1.54, 1.807) is 0 Å². The molecule has 0 bridgehead atoms. The number of hydrogen-bond acceptors (Lipinski definition) is 3. The Hall–Kier alpha value is -2.18. The largest absolute Gasteiger partial charge is 0.452 e. The van der Waals surface area contributed by atoms with Gasteiger partial charge >= 0.3 is 5.97 Å². The lowest BCUT2D eigenvalue weighted by Gasteiger charge is -2.07. The molecular weight excluding hydrogens is 351 g/mol. The summed E-state index contributed by atoms with van der Waals surface area (Å²) in [7, 11) is 0. The van der Waals surface area contributed by atoms with Crippen LogP contribution in [0.4, 0.5) is 14.5 Å². The Morgan fingerprint density at radius 3 is 2.26 bits per heavy atom. The summed E-state index contributed by atoms with van der Waals surface area (Å²) in [6, 6.07) is 6.97. The minimum absolute atomic E-state index is 0.0377. The molecule has 0 heterocycles. The highest BCUT2D eigenvalue weighted by atomic mass is 35.5. The van der Waals surface area contributed by atoms with Gasteiger partial charge in [0.2, 0.25) is 0 Å². The third kappa shape index (κ3) is 4.91. The number of ether oxygens (including phenoxy) is 1. The van der Waals surface area contributed by atoms with Crippen LogP contribution < -0.4 is 5.32 Å². The van der Waals surface area contributed by atoms with Crippen LogP contribution in [0, 0.1) is 11.6 Å². The summed E-state index contributed by atoms with van der Waals surface area (Å²) < 4.78 is 30.6. The van der Waals surface area contributed by atoms with E-state index in [1.165, 1.54) is 24.3 Å². The van der Waals surface area contributed by atoms with Crippen LogP contribution in [-0.4, -0.2) is 18.5 Å². The number of nitrogens with one attached hydrogen (secondary N) is 1. The zero-order chi connectivity index (χ0) is 17.0. The molecule has 1 amide bonds. The average molecular weight is 360 g/mol. The molecule has 2 aromatic carbocycles. The number of benzene rings is 2. The van der Waals surface area contributed by atoms with Crippen molar-refractivity contribution in [3.63, 3.8) is 0 Å². The molecule has 0 unspecified atom stereocenters. The smallest absolute Gasteiger partial charge is 0.338 e. The fourth-order valence-electron chi connectivity index (χ4n) is 1.66. The maximum atomic E-state index is 13.0. The summed E-state index contributed by atoms with van der Waals surface area (Å²) in [4.78, 5) is 23.4. The second kappa shape index (κ2) is 7.39. The van der Waals surface area contributed by atoms with Gasteiger partial charge in [-0.05, 0) is 30.3 Å². The lowest BCUT2D eigenvalue weighted by Crippen LogP contribution is -2.21. The van der Waals surface area contributed by atoms with Gasteiger partial charge < -0.3 is 10.1 Å². The normalized spacial score (nSPS) is 10.3. The monoisotopic (exact) mass is 359 g/mol. The lowest BCUT2D eigenvalue weighted by atomic mass is 10.2. The van der Waals surface area contributed by atoms with E-state index in [1.807, 2.05) is 0 Å². The van der Waals surface area contributed by atoms with Gasteiger partial charge in [-0.2, -0.15) is 0 Å². The molecule has 2 rings (SSSR count). The molecule has 0 saturated carbocycles. The van der Waals surface area contributed by atoms with E-state index in [0.29, 0.717) is 0 Å². The first-order valence-corrected chi connectivity index (χ1v) is 6.99. The molecule has 2 aromatic rings. The Bertz CT molecular complexity index is 748. The Labute approximate surface area is 140 Å². The zero-order valence-electron chi connectivity index (χ0n) is 11.4. The van der Waals surface area contributed by atoms with Gasteiger partial charge in [0.1, 0.15) is 0 Å². The maximum absolute atomic E-state index is 13.0. The molecular formula is C15H9Cl2F2NO3. The van der Waals surface area contributed by atoms with E-state index in [4.69, 9.17) is 27.9 Å². The van der Waals surface area contributed by atoms with Crippen LogP contribution in [0.15, 0.2) is 36.4 Å². The van der Waals surface area contributed by atoms with Gasteiger partial charge in [-0.25, -0.2) is 13.6 Å². The van der Waals surface area contributed by atoms with E-state index < -0.39 is 30.1 Å². The van der Waals surface area contributed by atoms with Crippen molar-refractivity contribution in [1.82, 2.24) is 0 Å². The molecule has 0 aliphatic rings. The molecule has 8 heteroatoms. The van der Waals surface area contributed by atoms with Gasteiger partial charge in [-0.1, -0.05) is 23.2 Å². The summed E-state index contributed by atoms with van der Waals surface area (Å²) in [5, 5.41) is 2.76.